The van der Waals surface area contributed by atoms with E-state index in [2.05, 4.69) is 22.2 Å². The minimum absolute atomic E-state index is 0. The van der Waals surface area contributed by atoms with Crippen LogP contribution in [0.1, 0.15) is 5.56 Å². The average molecular weight is 453 g/mol. The van der Waals surface area contributed by atoms with Gasteiger partial charge in [-0.05, 0) is 6.07 Å². The summed E-state index contributed by atoms with van der Waals surface area (Å²) in [6.07, 6.45) is 2.90. The lowest BCUT2D eigenvalue weighted by Crippen LogP contribution is -2.39. The maximum absolute atomic E-state index is 11.1. The molecule has 23 heavy (non-hydrogen) atoms. The second-order valence-electron chi connectivity index (χ2n) is 4.69. The summed E-state index contributed by atoms with van der Waals surface area (Å²) in [5.74, 6) is 1.39. The van der Waals surface area contributed by atoms with Crippen molar-refractivity contribution in [2.24, 2.45) is 4.99 Å². The van der Waals surface area contributed by atoms with Gasteiger partial charge in [-0.3, -0.25) is 4.99 Å². The lowest BCUT2D eigenvalue weighted by Gasteiger charge is -2.14. The van der Waals surface area contributed by atoms with E-state index < -0.39 is 9.84 Å². The molecule has 0 saturated heterocycles. The standard InChI is InChI=1S/C15H23N3O3S.HI/c1-4-10-21-14-8-6-5-7-13(14)12-18-15(16-2)17-9-11-22(3,19)20;/h4-8H,1,9-12H2,2-3H3,(H2,16,17,18);1H. The molecule has 0 heterocycles. The molecule has 0 aliphatic rings. The van der Waals surface area contributed by atoms with Crippen LogP contribution in [0, 0.1) is 0 Å². The van der Waals surface area contributed by atoms with Gasteiger partial charge < -0.3 is 15.4 Å². The van der Waals surface area contributed by atoms with Crippen LogP contribution in [-0.2, 0) is 16.4 Å². The van der Waals surface area contributed by atoms with Crippen molar-refractivity contribution in [2.45, 2.75) is 6.54 Å². The van der Waals surface area contributed by atoms with Gasteiger partial charge in [-0.2, -0.15) is 0 Å². The van der Waals surface area contributed by atoms with Crippen LogP contribution < -0.4 is 15.4 Å². The summed E-state index contributed by atoms with van der Waals surface area (Å²) in [6, 6.07) is 7.67. The molecular weight excluding hydrogens is 429 g/mol. The Bertz CT molecular complexity index is 618. The van der Waals surface area contributed by atoms with E-state index in [1.165, 1.54) is 6.26 Å². The molecule has 0 aliphatic heterocycles. The number of halogens is 1. The molecule has 0 bridgehead atoms. The molecular formula is C15H24IN3O3S. The first-order valence-electron chi connectivity index (χ1n) is 6.90. The van der Waals surface area contributed by atoms with E-state index in [9.17, 15) is 8.42 Å². The Labute approximate surface area is 155 Å². The van der Waals surface area contributed by atoms with E-state index in [-0.39, 0.29) is 29.7 Å². The summed E-state index contributed by atoms with van der Waals surface area (Å²) in [6.45, 7) is 4.90. The van der Waals surface area contributed by atoms with Gasteiger partial charge in [0.15, 0.2) is 5.96 Å². The first kappa shape index (κ1) is 21.7. The minimum atomic E-state index is -2.99. The number of nitrogens with one attached hydrogen (secondary N) is 2. The summed E-state index contributed by atoms with van der Waals surface area (Å²) < 4.78 is 27.8. The molecule has 0 atom stereocenters. The Hall–Kier alpha value is -1.29. The number of guanidine groups is 1. The van der Waals surface area contributed by atoms with Crippen molar-refractivity contribution in [2.75, 3.05) is 32.2 Å². The second-order valence-corrected chi connectivity index (χ2v) is 6.95. The number of para-hydroxylation sites is 1. The number of hydrogen-bond donors (Lipinski definition) is 2. The van der Waals surface area contributed by atoms with Crippen molar-refractivity contribution < 1.29 is 13.2 Å². The number of nitrogens with zero attached hydrogens (tertiary/aromatic N) is 1. The Morgan fingerprint density at radius 1 is 1.35 bits per heavy atom. The number of rotatable bonds is 8. The lowest BCUT2D eigenvalue weighted by atomic mass is 10.2. The van der Waals surface area contributed by atoms with Crippen molar-refractivity contribution >= 4 is 39.8 Å². The molecule has 6 nitrogen and oxygen atoms in total. The predicted octanol–water partition coefficient (Wildman–Crippen LogP) is 1.58. The largest absolute Gasteiger partial charge is 0.489 e. The summed E-state index contributed by atoms with van der Waals surface area (Å²) in [5, 5.41) is 6.09. The van der Waals surface area contributed by atoms with E-state index in [4.69, 9.17) is 4.74 Å². The number of benzene rings is 1. The highest BCUT2D eigenvalue weighted by atomic mass is 127. The first-order chi connectivity index (χ1) is 10.5. The summed E-state index contributed by atoms with van der Waals surface area (Å²) in [7, 11) is -1.35. The molecule has 0 spiro atoms. The summed E-state index contributed by atoms with van der Waals surface area (Å²) >= 11 is 0. The molecule has 0 unspecified atom stereocenters. The molecule has 0 fully saturated rings. The van der Waals surface area contributed by atoms with Crippen LogP contribution in [0.5, 0.6) is 5.75 Å². The Balaban J connectivity index is 0.00000484. The van der Waals surface area contributed by atoms with Crippen molar-refractivity contribution in [3.8, 4) is 5.75 Å². The van der Waals surface area contributed by atoms with Gasteiger partial charge in [-0.1, -0.05) is 30.9 Å². The fraction of sp³-hybridized carbons (Fsp3) is 0.400. The quantitative estimate of drug-likeness (QED) is 0.271. The number of sulfone groups is 1. The molecule has 8 heteroatoms. The number of ether oxygens (including phenoxy) is 1. The van der Waals surface area contributed by atoms with Gasteiger partial charge in [0, 0.05) is 32.0 Å². The van der Waals surface area contributed by atoms with E-state index in [1.54, 1.807) is 13.1 Å². The smallest absolute Gasteiger partial charge is 0.191 e. The topological polar surface area (TPSA) is 79.8 Å². The molecule has 0 amide bonds. The molecule has 1 aromatic rings. The monoisotopic (exact) mass is 453 g/mol. The van der Waals surface area contributed by atoms with Gasteiger partial charge in [0.1, 0.15) is 22.2 Å². The van der Waals surface area contributed by atoms with Gasteiger partial charge in [0.25, 0.3) is 0 Å². The fourth-order valence-electron chi connectivity index (χ4n) is 1.69. The maximum atomic E-state index is 11.1. The van der Waals surface area contributed by atoms with Gasteiger partial charge in [-0.25, -0.2) is 8.42 Å². The highest BCUT2D eigenvalue weighted by Crippen LogP contribution is 2.17. The first-order valence-corrected chi connectivity index (χ1v) is 8.96. The van der Waals surface area contributed by atoms with E-state index in [0.717, 1.165) is 11.3 Å². The van der Waals surface area contributed by atoms with Crippen LogP contribution in [0.4, 0.5) is 0 Å². The van der Waals surface area contributed by atoms with E-state index in [1.807, 2.05) is 24.3 Å². The Morgan fingerprint density at radius 2 is 2.04 bits per heavy atom. The zero-order valence-electron chi connectivity index (χ0n) is 13.4. The minimum Gasteiger partial charge on any atom is -0.489 e. The molecule has 0 radical (unpaired) electrons. The van der Waals surface area contributed by atoms with Gasteiger partial charge >= 0.3 is 0 Å². The highest BCUT2D eigenvalue weighted by molar-refractivity contribution is 14.0. The summed E-state index contributed by atoms with van der Waals surface area (Å²) in [4.78, 5) is 4.06. The molecule has 1 aromatic carbocycles. The Morgan fingerprint density at radius 3 is 2.65 bits per heavy atom. The lowest BCUT2D eigenvalue weighted by molar-refractivity contribution is 0.358. The number of aliphatic imine (C=N–C) groups is 1. The molecule has 1 rings (SSSR count). The zero-order chi connectivity index (χ0) is 16.4. The van der Waals surface area contributed by atoms with Crippen LogP contribution in [0.2, 0.25) is 0 Å². The van der Waals surface area contributed by atoms with Crippen LogP contribution in [-0.4, -0.2) is 46.6 Å². The third kappa shape index (κ3) is 9.44. The normalized spacial score (nSPS) is 11.3. The third-order valence-electron chi connectivity index (χ3n) is 2.76. The number of hydrogen-bond acceptors (Lipinski definition) is 4. The average Bonchev–Trinajstić information content (AvgIpc) is 2.48. The summed E-state index contributed by atoms with van der Waals surface area (Å²) in [5.41, 5.74) is 0.982. The molecule has 0 aliphatic carbocycles. The van der Waals surface area contributed by atoms with Crippen LogP contribution in [0.3, 0.4) is 0 Å². The second kappa shape index (κ2) is 11.3. The van der Waals surface area contributed by atoms with E-state index >= 15 is 0 Å². The molecule has 0 saturated carbocycles. The van der Waals surface area contributed by atoms with E-state index in [0.29, 0.717) is 25.7 Å². The maximum Gasteiger partial charge on any atom is 0.191 e. The predicted molar refractivity (Wildman–Crippen MR) is 105 cm³/mol. The van der Waals surface area contributed by atoms with Gasteiger partial charge in [0.2, 0.25) is 0 Å². The van der Waals surface area contributed by atoms with Crippen molar-refractivity contribution in [3.63, 3.8) is 0 Å². The van der Waals surface area contributed by atoms with Crippen LogP contribution in [0.25, 0.3) is 0 Å². The molecule has 130 valence electrons. The van der Waals surface area contributed by atoms with Gasteiger partial charge in [-0.15, -0.1) is 24.0 Å². The highest BCUT2D eigenvalue weighted by Gasteiger charge is 2.05. The molecule has 2 N–H and O–H groups in total. The third-order valence-corrected chi connectivity index (χ3v) is 3.71. The van der Waals surface area contributed by atoms with Crippen LogP contribution >= 0.6 is 24.0 Å². The van der Waals surface area contributed by atoms with Crippen molar-refractivity contribution in [3.05, 3.63) is 42.5 Å². The van der Waals surface area contributed by atoms with Crippen LogP contribution in [0.15, 0.2) is 41.9 Å². The zero-order valence-corrected chi connectivity index (χ0v) is 16.6. The molecule has 0 aromatic heterocycles. The SMILES string of the molecule is C=CCOc1ccccc1CNC(=NC)NCCS(C)(=O)=O.I. The Kier molecular flexibility index (Phi) is 10.6. The van der Waals surface area contributed by atoms with Crippen molar-refractivity contribution in [1.29, 1.82) is 0 Å². The fourth-order valence-corrected chi connectivity index (χ4v) is 2.17. The van der Waals surface area contributed by atoms with Crippen molar-refractivity contribution in [1.82, 2.24) is 10.6 Å². The van der Waals surface area contributed by atoms with Gasteiger partial charge in [0.05, 0.1) is 5.75 Å².